The number of ether oxygens (including phenoxy) is 3. The average Bonchev–Trinajstić information content (AvgIpc) is 3.15. The zero-order valence-electron chi connectivity index (χ0n) is 36.5. The Balaban J connectivity index is 1.53. The highest BCUT2D eigenvalue weighted by Gasteiger charge is 2.40. The monoisotopic (exact) mass is 851 g/mol. The molecule has 4 rings (SSSR count). The van der Waals surface area contributed by atoms with Crippen molar-refractivity contribution < 1.29 is 41.4 Å². The maximum absolute atomic E-state index is 13.7. The third kappa shape index (κ3) is 15.4. The second kappa shape index (κ2) is 20.8. The molecule has 0 unspecified atom stereocenters. The number of nitrogens with zero attached hydrogens (tertiary/aromatic N) is 2. The van der Waals surface area contributed by atoms with E-state index in [0.717, 1.165) is 54.4 Å². The molecule has 2 amide bonds. The summed E-state index contributed by atoms with van der Waals surface area (Å²) in [5.41, 5.74) is 3.07. The van der Waals surface area contributed by atoms with Crippen molar-refractivity contribution in [2.24, 2.45) is 0 Å². The van der Waals surface area contributed by atoms with E-state index >= 15 is 0 Å². The third-order valence-electron chi connectivity index (χ3n) is 10.7. The van der Waals surface area contributed by atoms with Crippen LogP contribution < -0.4 is 9.46 Å². The van der Waals surface area contributed by atoms with Crippen molar-refractivity contribution >= 4 is 36.3 Å². The van der Waals surface area contributed by atoms with Crippen LogP contribution in [0.15, 0.2) is 67.0 Å². The number of sulfonamides is 1. The topological polar surface area (TPSA) is 150 Å². The molecule has 1 aromatic heterocycles. The molecule has 324 valence electrons. The maximum Gasteiger partial charge on any atom is 0.410 e. The van der Waals surface area contributed by atoms with Gasteiger partial charge in [-0.3, -0.25) is 14.6 Å². The van der Waals surface area contributed by atoms with Crippen molar-refractivity contribution in [1.29, 1.82) is 0 Å². The van der Waals surface area contributed by atoms with Gasteiger partial charge in [0.25, 0.3) is 5.91 Å². The number of unbranched alkanes of at least 4 members (excludes halogenated alkanes) is 1. The van der Waals surface area contributed by atoms with Gasteiger partial charge in [0.2, 0.25) is 10.0 Å². The Morgan fingerprint density at radius 2 is 1.61 bits per heavy atom. The summed E-state index contributed by atoms with van der Waals surface area (Å²) in [4.78, 5) is 44.2. The highest BCUT2D eigenvalue weighted by atomic mass is 32.2. The summed E-state index contributed by atoms with van der Waals surface area (Å²) in [5, 5.41) is -0.0446. The lowest BCUT2D eigenvalue weighted by Crippen LogP contribution is -2.46. The Kier molecular flexibility index (Phi) is 16.7. The lowest BCUT2D eigenvalue weighted by atomic mass is 9.97. The quantitative estimate of drug-likeness (QED) is 0.0745. The number of carbonyl (C=O) groups excluding carboxylic acids is 3. The van der Waals surface area contributed by atoms with Gasteiger partial charge in [-0.25, -0.2) is 17.9 Å². The fourth-order valence-corrected chi connectivity index (χ4v) is 8.78. The second-order valence-electron chi connectivity index (χ2n) is 17.9. The van der Waals surface area contributed by atoms with E-state index in [1.807, 2.05) is 57.2 Å². The first-order chi connectivity index (χ1) is 27.6. The van der Waals surface area contributed by atoms with Gasteiger partial charge in [0.1, 0.15) is 11.4 Å². The van der Waals surface area contributed by atoms with Gasteiger partial charge in [-0.1, -0.05) is 63.6 Å². The molecule has 0 radical (unpaired) electrons. The Morgan fingerprint density at radius 3 is 2.22 bits per heavy atom. The smallest absolute Gasteiger partial charge is 0.410 e. The van der Waals surface area contributed by atoms with Crippen molar-refractivity contribution in [2.75, 3.05) is 25.4 Å². The Bertz CT molecular complexity index is 1950. The molecular formula is C45H65N3O9SSi. The van der Waals surface area contributed by atoms with Gasteiger partial charge in [0.05, 0.1) is 36.7 Å². The summed E-state index contributed by atoms with van der Waals surface area (Å²) in [7, 11) is -6.19. The summed E-state index contributed by atoms with van der Waals surface area (Å²) in [6.07, 6.45) is 8.67. The summed E-state index contributed by atoms with van der Waals surface area (Å²) in [6, 6.07) is 17.1. The molecule has 0 spiro atoms. The van der Waals surface area contributed by atoms with Crippen molar-refractivity contribution in [1.82, 2.24) is 14.6 Å². The fraction of sp³-hybridized carbons (Fsp3) is 0.556. The van der Waals surface area contributed by atoms with Crippen LogP contribution in [0.3, 0.4) is 0 Å². The molecule has 1 saturated carbocycles. The summed E-state index contributed by atoms with van der Waals surface area (Å²) in [6.45, 7) is 18.7. The first-order valence-electron chi connectivity index (χ1n) is 20.8. The number of benzene rings is 2. The van der Waals surface area contributed by atoms with Gasteiger partial charge < -0.3 is 23.5 Å². The first-order valence-corrected chi connectivity index (χ1v) is 25.3. The number of carbonyl (C=O) groups is 3. The van der Waals surface area contributed by atoms with Crippen molar-refractivity contribution in [3.8, 4) is 16.9 Å². The minimum absolute atomic E-state index is 0.0446. The zero-order valence-corrected chi connectivity index (χ0v) is 38.3. The number of hydrogen-bond acceptors (Lipinski definition) is 10. The molecule has 1 aliphatic rings. The van der Waals surface area contributed by atoms with Crippen LogP contribution in [-0.4, -0.2) is 81.7 Å². The SMILES string of the molecule is CC(=O)OCCCCS(=O)(=O)NC(=O)c1ccc(-c2ccc(CCN(C[C@@H](O[Si](C)(C)C(C)(C)C)c3cccnc3)C(=O)OC(C)(C)C)cc2)cc1OC1CCCCC1. The predicted octanol–water partition coefficient (Wildman–Crippen LogP) is 9.41. The van der Waals surface area contributed by atoms with Crippen LogP contribution in [0.4, 0.5) is 4.79 Å². The van der Waals surface area contributed by atoms with E-state index in [0.29, 0.717) is 31.7 Å². The summed E-state index contributed by atoms with van der Waals surface area (Å²) >= 11 is 0. The van der Waals surface area contributed by atoms with Crippen LogP contribution in [-0.2, 0) is 35.1 Å². The molecule has 59 heavy (non-hydrogen) atoms. The lowest BCUT2D eigenvalue weighted by molar-refractivity contribution is -0.141. The molecule has 0 saturated heterocycles. The highest BCUT2D eigenvalue weighted by Crippen LogP contribution is 2.40. The summed E-state index contributed by atoms with van der Waals surface area (Å²) in [5.74, 6) is -1.14. The average molecular weight is 852 g/mol. The molecule has 0 aliphatic heterocycles. The molecule has 1 N–H and O–H groups in total. The zero-order chi connectivity index (χ0) is 43.4. The molecule has 1 atom stereocenters. The Morgan fingerprint density at radius 1 is 0.932 bits per heavy atom. The number of aromatic nitrogens is 1. The van der Waals surface area contributed by atoms with Gasteiger partial charge in [-0.15, -0.1) is 0 Å². The van der Waals surface area contributed by atoms with E-state index in [9.17, 15) is 22.8 Å². The number of hydrogen-bond donors (Lipinski definition) is 1. The number of nitrogens with one attached hydrogen (secondary N) is 1. The minimum Gasteiger partial charge on any atom is -0.490 e. The van der Waals surface area contributed by atoms with Crippen LogP contribution in [0, 0.1) is 0 Å². The largest absolute Gasteiger partial charge is 0.490 e. The van der Waals surface area contributed by atoms with Crippen molar-refractivity contribution in [3.63, 3.8) is 0 Å². The highest BCUT2D eigenvalue weighted by molar-refractivity contribution is 7.90. The Hall–Kier alpha value is -4.27. The lowest BCUT2D eigenvalue weighted by Gasteiger charge is -2.40. The molecule has 0 bridgehead atoms. The second-order valence-corrected chi connectivity index (χ2v) is 24.5. The number of rotatable bonds is 18. The number of amides is 2. The summed E-state index contributed by atoms with van der Waals surface area (Å²) < 4.78 is 51.9. The molecule has 2 aromatic carbocycles. The molecule has 1 fully saturated rings. The predicted molar refractivity (Wildman–Crippen MR) is 233 cm³/mol. The van der Waals surface area contributed by atoms with Gasteiger partial charge in [-0.2, -0.15) is 0 Å². The van der Waals surface area contributed by atoms with Crippen LogP contribution in [0.5, 0.6) is 5.75 Å². The van der Waals surface area contributed by atoms with E-state index < -0.39 is 48.0 Å². The van der Waals surface area contributed by atoms with Gasteiger partial charge >= 0.3 is 12.1 Å². The Labute approximate surface area is 352 Å². The van der Waals surface area contributed by atoms with Gasteiger partial charge in [0, 0.05) is 25.9 Å². The van der Waals surface area contributed by atoms with Crippen molar-refractivity contribution in [3.05, 3.63) is 83.7 Å². The molecule has 3 aromatic rings. The molecule has 1 aliphatic carbocycles. The number of pyridine rings is 1. The van der Waals surface area contributed by atoms with Crippen LogP contribution in [0.2, 0.25) is 18.1 Å². The van der Waals surface area contributed by atoms with E-state index in [4.69, 9.17) is 18.6 Å². The standard InChI is InChI=1S/C45H65N3O9SSi/c1-33(49)54-28-13-14-29-58(52,53)47-42(50)39-24-23-36(30-40(39)55-38-17-11-10-12-18-38)35-21-19-34(20-22-35)25-27-48(43(51)56-44(2,3)4)32-41(37-16-15-26-46-31-37)57-59(8,9)45(5,6)7/h15-16,19-24,26,30-31,38,41H,10-14,17-18,25,27-29,32H2,1-9H3,(H,47,50)/t41-/m1/s1. The molecular weight excluding hydrogens is 787 g/mol. The number of esters is 1. The van der Waals surface area contributed by atoms with Crippen LogP contribution in [0.25, 0.3) is 11.1 Å². The molecule has 1 heterocycles. The first kappa shape index (κ1) is 47.4. The van der Waals surface area contributed by atoms with E-state index in [1.54, 1.807) is 35.5 Å². The van der Waals surface area contributed by atoms with E-state index in [2.05, 4.69) is 43.6 Å². The normalized spacial score (nSPS) is 14.6. The van der Waals surface area contributed by atoms with Gasteiger partial charge in [0.15, 0.2) is 8.32 Å². The molecule has 14 heteroatoms. The van der Waals surface area contributed by atoms with Crippen LogP contribution in [0.1, 0.15) is 121 Å². The fourth-order valence-electron chi connectivity index (χ4n) is 6.43. The van der Waals surface area contributed by atoms with Crippen molar-refractivity contribution in [2.45, 2.75) is 136 Å². The maximum atomic E-state index is 13.7. The van der Waals surface area contributed by atoms with E-state index in [-0.39, 0.29) is 35.5 Å². The van der Waals surface area contributed by atoms with Crippen LogP contribution >= 0.6 is 0 Å². The van der Waals surface area contributed by atoms with Gasteiger partial charge in [-0.05, 0) is 124 Å². The third-order valence-corrected chi connectivity index (χ3v) is 16.5. The van der Waals surface area contributed by atoms with E-state index in [1.165, 1.54) is 6.92 Å². The molecule has 12 nitrogen and oxygen atoms in total. The minimum atomic E-state index is -3.94.